The second-order valence-electron chi connectivity index (χ2n) is 9.75. The largest absolute Gasteiger partial charge is 0.439 e. The molecule has 2 fully saturated rings. The monoisotopic (exact) mass is 392 g/mol. The molecule has 1 N–H and O–H groups in total. The van der Waals surface area contributed by atoms with Gasteiger partial charge in [0.2, 0.25) is 11.8 Å². The molecule has 29 heavy (non-hydrogen) atoms. The first-order chi connectivity index (χ1) is 13.6. The van der Waals surface area contributed by atoms with Gasteiger partial charge in [0, 0.05) is 24.3 Å². The molecule has 1 aromatic carbocycles. The SMILES string of the molecule is CC1(C)C[C@@H]1C(=O)Cc1ccc(Oc2ccc(NC(=O)[C@@H]3CC3(C)C)cn2)cc1. The molecule has 2 aliphatic carbocycles. The number of hydrogen-bond donors (Lipinski definition) is 1. The van der Waals surface area contributed by atoms with Crippen LogP contribution in [-0.2, 0) is 16.0 Å². The van der Waals surface area contributed by atoms with Crippen LogP contribution in [0.4, 0.5) is 5.69 Å². The molecule has 0 aliphatic heterocycles. The zero-order valence-electron chi connectivity index (χ0n) is 17.5. The second-order valence-corrected chi connectivity index (χ2v) is 9.75. The maximum atomic E-state index is 12.3. The van der Waals surface area contributed by atoms with E-state index in [4.69, 9.17) is 4.74 Å². The van der Waals surface area contributed by atoms with Gasteiger partial charge in [-0.05, 0) is 47.4 Å². The number of ether oxygens (including phenoxy) is 1. The predicted molar refractivity (Wildman–Crippen MR) is 112 cm³/mol. The Morgan fingerprint density at radius 2 is 1.62 bits per heavy atom. The molecule has 0 saturated heterocycles. The van der Waals surface area contributed by atoms with Gasteiger partial charge in [0.25, 0.3) is 0 Å². The number of benzene rings is 1. The quantitative estimate of drug-likeness (QED) is 0.719. The number of anilines is 1. The van der Waals surface area contributed by atoms with Crippen LogP contribution in [0.5, 0.6) is 11.6 Å². The van der Waals surface area contributed by atoms with Crippen LogP contribution < -0.4 is 10.1 Å². The van der Waals surface area contributed by atoms with Gasteiger partial charge in [-0.15, -0.1) is 0 Å². The molecule has 5 heteroatoms. The van der Waals surface area contributed by atoms with E-state index in [1.54, 1.807) is 18.3 Å². The summed E-state index contributed by atoms with van der Waals surface area (Å²) < 4.78 is 5.78. The number of rotatable bonds is 7. The third kappa shape index (κ3) is 4.50. The Labute approximate surface area is 171 Å². The fourth-order valence-corrected chi connectivity index (χ4v) is 3.80. The summed E-state index contributed by atoms with van der Waals surface area (Å²) in [5, 5.41) is 2.91. The van der Waals surface area contributed by atoms with Gasteiger partial charge in [-0.2, -0.15) is 0 Å². The molecule has 1 aromatic heterocycles. The van der Waals surface area contributed by atoms with Crippen LogP contribution in [0.25, 0.3) is 0 Å². The minimum Gasteiger partial charge on any atom is -0.439 e. The van der Waals surface area contributed by atoms with Gasteiger partial charge < -0.3 is 10.1 Å². The molecular weight excluding hydrogens is 364 g/mol. The molecule has 2 atom stereocenters. The summed E-state index contributed by atoms with van der Waals surface area (Å²) in [6, 6.07) is 11.1. The Hall–Kier alpha value is -2.69. The molecule has 0 unspecified atom stereocenters. The fourth-order valence-electron chi connectivity index (χ4n) is 3.80. The molecule has 0 spiro atoms. The highest BCUT2D eigenvalue weighted by Crippen LogP contribution is 2.52. The number of amides is 1. The first kappa shape index (κ1) is 19.6. The molecule has 2 saturated carbocycles. The third-order valence-corrected chi connectivity index (χ3v) is 6.26. The van der Waals surface area contributed by atoms with Crippen LogP contribution in [0.2, 0.25) is 0 Å². The Bertz CT molecular complexity index is 852. The van der Waals surface area contributed by atoms with Gasteiger partial charge in [0.15, 0.2) is 0 Å². The smallest absolute Gasteiger partial charge is 0.228 e. The number of hydrogen-bond acceptors (Lipinski definition) is 4. The highest BCUT2D eigenvalue weighted by Gasteiger charge is 2.50. The average molecular weight is 392 g/mol. The van der Waals surface area contributed by atoms with Crippen LogP contribution in [0, 0.1) is 22.7 Å². The van der Waals surface area contributed by atoms with Crippen molar-refractivity contribution in [2.24, 2.45) is 22.7 Å². The molecule has 2 aliphatic rings. The van der Waals surface area contributed by atoms with Crippen molar-refractivity contribution >= 4 is 17.4 Å². The van der Waals surface area contributed by atoms with Crippen LogP contribution in [-0.4, -0.2) is 16.7 Å². The van der Waals surface area contributed by atoms with Crippen molar-refractivity contribution in [1.82, 2.24) is 4.98 Å². The summed E-state index contributed by atoms with van der Waals surface area (Å²) in [6.07, 6.45) is 3.99. The maximum Gasteiger partial charge on any atom is 0.228 e. The number of aromatic nitrogens is 1. The van der Waals surface area contributed by atoms with E-state index in [2.05, 4.69) is 38.0 Å². The van der Waals surface area contributed by atoms with Crippen molar-refractivity contribution in [3.8, 4) is 11.6 Å². The standard InChI is InChI=1S/C24H28N2O3/c1-23(2)12-18(23)20(27)11-15-5-8-17(9-6-15)29-21-10-7-16(14-25-21)26-22(28)19-13-24(19,3)4/h5-10,14,18-19H,11-13H2,1-4H3,(H,26,28)/t18-,19+/m1/s1. The summed E-state index contributed by atoms with van der Waals surface area (Å²) in [6.45, 7) is 8.48. The minimum absolute atomic E-state index is 0.0465. The summed E-state index contributed by atoms with van der Waals surface area (Å²) in [5.41, 5.74) is 1.94. The predicted octanol–water partition coefficient (Wildman–Crippen LogP) is 5.02. The van der Waals surface area contributed by atoms with Crippen molar-refractivity contribution in [2.75, 3.05) is 5.32 Å². The zero-order chi connectivity index (χ0) is 20.8. The summed E-state index contributed by atoms with van der Waals surface area (Å²) >= 11 is 0. The lowest BCUT2D eigenvalue weighted by atomic mass is 10.0. The van der Waals surface area contributed by atoms with E-state index in [1.165, 1.54) is 0 Å². The Balaban J connectivity index is 1.30. The number of nitrogens with zero attached hydrogens (tertiary/aromatic N) is 1. The van der Waals surface area contributed by atoms with E-state index in [9.17, 15) is 9.59 Å². The van der Waals surface area contributed by atoms with E-state index >= 15 is 0 Å². The Morgan fingerprint density at radius 3 is 2.14 bits per heavy atom. The number of nitrogens with one attached hydrogen (secondary N) is 1. The molecule has 2 aromatic rings. The topological polar surface area (TPSA) is 68.3 Å². The van der Waals surface area contributed by atoms with Crippen molar-refractivity contribution in [1.29, 1.82) is 0 Å². The Morgan fingerprint density at radius 1 is 1.00 bits per heavy atom. The van der Waals surface area contributed by atoms with Crippen molar-refractivity contribution < 1.29 is 14.3 Å². The average Bonchev–Trinajstić information content (AvgIpc) is 3.52. The van der Waals surface area contributed by atoms with Crippen LogP contribution in [0.1, 0.15) is 46.1 Å². The highest BCUT2D eigenvalue weighted by atomic mass is 16.5. The number of carbonyl (C=O) groups is 2. The van der Waals surface area contributed by atoms with Gasteiger partial charge in [-0.3, -0.25) is 9.59 Å². The minimum atomic E-state index is 0.0465. The summed E-state index contributed by atoms with van der Waals surface area (Å²) in [4.78, 5) is 28.7. The van der Waals surface area contributed by atoms with Gasteiger partial charge in [0.1, 0.15) is 11.5 Å². The zero-order valence-corrected chi connectivity index (χ0v) is 17.5. The van der Waals surface area contributed by atoms with Gasteiger partial charge in [-0.25, -0.2) is 4.98 Å². The third-order valence-electron chi connectivity index (χ3n) is 6.26. The summed E-state index contributed by atoms with van der Waals surface area (Å²) in [5.74, 6) is 1.76. The molecule has 0 radical (unpaired) electrons. The van der Waals surface area contributed by atoms with Crippen LogP contribution >= 0.6 is 0 Å². The molecule has 1 amide bonds. The Kier molecular flexibility index (Phi) is 4.72. The molecule has 1 heterocycles. The fraction of sp³-hybridized carbons (Fsp3) is 0.458. The lowest BCUT2D eigenvalue weighted by Crippen LogP contribution is -2.16. The number of Topliss-reactive ketones (excluding diaryl/α,β-unsaturated/α-hetero) is 1. The van der Waals surface area contributed by atoms with Gasteiger partial charge >= 0.3 is 0 Å². The first-order valence-electron chi connectivity index (χ1n) is 10.2. The van der Waals surface area contributed by atoms with Crippen LogP contribution in [0.3, 0.4) is 0 Å². The molecule has 152 valence electrons. The lowest BCUT2D eigenvalue weighted by molar-refractivity contribution is -0.120. The van der Waals surface area contributed by atoms with Crippen molar-refractivity contribution in [2.45, 2.75) is 47.0 Å². The van der Waals surface area contributed by atoms with E-state index < -0.39 is 0 Å². The molecule has 4 rings (SSSR count). The normalized spacial score (nSPS) is 23.2. The van der Waals surface area contributed by atoms with E-state index in [0.717, 1.165) is 18.4 Å². The van der Waals surface area contributed by atoms with Gasteiger partial charge in [0.05, 0.1) is 11.9 Å². The number of pyridine rings is 1. The van der Waals surface area contributed by atoms with Crippen LogP contribution in [0.15, 0.2) is 42.6 Å². The molecule has 0 bridgehead atoms. The van der Waals surface area contributed by atoms with E-state index in [1.807, 2.05) is 24.3 Å². The molecular formula is C24H28N2O3. The number of carbonyl (C=O) groups excluding carboxylic acids is 2. The highest BCUT2D eigenvalue weighted by molar-refractivity contribution is 5.94. The number of ketones is 1. The summed E-state index contributed by atoms with van der Waals surface area (Å²) in [7, 11) is 0. The van der Waals surface area contributed by atoms with Crippen molar-refractivity contribution in [3.63, 3.8) is 0 Å². The lowest BCUT2D eigenvalue weighted by Gasteiger charge is -2.09. The maximum absolute atomic E-state index is 12.3. The first-order valence-corrected chi connectivity index (χ1v) is 10.2. The van der Waals surface area contributed by atoms with E-state index in [0.29, 0.717) is 29.5 Å². The van der Waals surface area contributed by atoms with E-state index in [-0.39, 0.29) is 28.6 Å². The van der Waals surface area contributed by atoms with Gasteiger partial charge in [-0.1, -0.05) is 39.8 Å². The second kappa shape index (κ2) is 6.97. The van der Waals surface area contributed by atoms with Crippen molar-refractivity contribution in [3.05, 3.63) is 48.2 Å². The molecule has 5 nitrogen and oxygen atoms in total.